The number of carbonyl (C=O) groups is 4. The van der Waals surface area contributed by atoms with E-state index in [0.29, 0.717) is 49.6 Å². The Morgan fingerprint density at radius 3 is 2.38 bits per heavy atom. The first-order valence-electron chi connectivity index (χ1n) is 21.2. The van der Waals surface area contributed by atoms with Crippen molar-refractivity contribution in [3.05, 3.63) is 41.2 Å². The summed E-state index contributed by atoms with van der Waals surface area (Å²) < 4.78 is 6.09. The summed E-state index contributed by atoms with van der Waals surface area (Å²) in [5.74, 6) is 0.686. The molecule has 304 valence electrons. The summed E-state index contributed by atoms with van der Waals surface area (Å²) in [5.41, 5.74) is 2.42. The van der Waals surface area contributed by atoms with Crippen molar-refractivity contribution in [3.63, 3.8) is 0 Å². The average Bonchev–Trinajstić information content (AvgIpc) is 3.40. The Morgan fingerprint density at radius 1 is 1.02 bits per heavy atom. The molecule has 3 unspecified atom stereocenters. The molecule has 0 bridgehead atoms. The first kappa shape index (κ1) is 41.6. The average molecular weight is 760 g/mol. The van der Waals surface area contributed by atoms with E-state index in [9.17, 15) is 24.3 Å². The quantitative estimate of drug-likeness (QED) is 0.212. The highest BCUT2D eigenvalue weighted by Crippen LogP contribution is 2.76. The van der Waals surface area contributed by atoms with Crippen molar-refractivity contribution in [2.75, 3.05) is 27.2 Å². The fourth-order valence-electron chi connectivity index (χ4n) is 13.2. The van der Waals surface area contributed by atoms with Crippen LogP contribution >= 0.6 is 0 Å². The molecule has 0 saturated heterocycles. The largest absolute Gasteiger partial charge is 0.481 e. The first-order valence-corrected chi connectivity index (χ1v) is 21.2. The van der Waals surface area contributed by atoms with Gasteiger partial charge in [0.05, 0.1) is 18.4 Å². The number of fused-ring (bicyclic) bond motifs is 7. The summed E-state index contributed by atoms with van der Waals surface area (Å²) in [7, 11) is 3.87. The lowest BCUT2D eigenvalue weighted by atomic mass is 9.34. The second kappa shape index (κ2) is 15.0. The Morgan fingerprint density at radius 2 is 1.75 bits per heavy atom. The zero-order valence-corrected chi connectivity index (χ0v) is 35.5. The molecule has 1 aromatic heterocycles. The summed E-state index contributed by atoms with van der Waals surface area (Å²) in [4.78, 5) is 60.9. The number of Topliss-reactive ketones (excluding diaryl/α,β-unsaturated/α-hetero) is 1. The van der Waals surface area contributed by atoms with E-state index in [1.54, 1.807) is 20.0 Å². The van der Waals surface area contributed by atoms with Crippen molar-refractivity contribution in [1.29, 1.82) is 0 Å². The van der Waals surface area contributed by atoms with Crippen molar-refractivity contribution in [2.24, 2.45) is 56.7 Å². The Hall–Kier alpha value is -3.07. The molecule has 9 nitrogen and oxygen atoms in total. The summed E-state index contributed by atoms with van der Waals surface area (Å²) in [6, 6.07) is 3.96. The molecular weight excluding hydrogens is 691 g/mol. The van der Waals surface area contributed by atoms with Crippen LogP contribution in [0.2, 0.25) is 0 Å². The molecule has 9 heteroatoms. The Labute approximate surface area is 330 Å². The number of pyridine rings is 1. The lowest BCUT2D eigenvalue weighted by Crippen LogP contribution is -2.64. The zero-order chi connectivity index (χ0) is 40.3. The molecule has 0 aliphatic heterocycles. The van der Waals surface area contributed by atoms with E-state index in [0.717, 1.165) is 68.9 Å². The van der Waals surface area contributed by atoms with Crippen LogP contribution in [0.4, 0.5) is 0 Å². The SMILES string of the molecule is CC(C)C1=C2[C@H]3CCC4[C@@]5(C)CC[C@H](OC(=O)CC(C)(C)C(=O)O)C(C)C5CC[C@@]4(C)[C@]3(C)CC[C@@]2(CCN(Cc2cccnc2)C(=O)CN(C)C)CC1=O. The molecule has 4 fully saturated rings. The van der Waals surface area contributed by atoms with Gasteiger partial charge in [0, 0.05) is 37.3 Å². The van der Waals surface area contributed by atoms with Gasteiger partial charge in [-0.3, -0.25) is 24.2 Å². The fourth-order valence-corrected chi connectivity index (χ4v) is 13.2. The van der Waals surface area contributed by atoms with Crippen LogP contribution in [0.3, 0.4) is 0 Å². The highest BCUT2D eigenvalue weighted by Gasteiger charge is 2.69. The van der Waals surface area contributed by atoms with Crippen molar-refractivity contribution in [3.8, 4) is 0 Å². The van der Waals surface area contributed by atoms with Crippen LogP contribution in [0.25, 0.3) is 0 Å². The third-order valence-electron chi connectivity index (χ3n) is 16.3. The monoisotopic (exact) mass is 760 g/mol. The Kier molecular flexibility index (Phi) is 11.4. The molecule has 5 aliphatic carbocycles. The van der Waals surface area contributed by atoms with Gasteiger partial charge in [-0.1, -0.05) is 53.2 Å². The highest BCUT2D eigenvalue weighted by molar-refractivity contribution is 6.00. The molecule has 4 saturated carbocycles. The number of aliphatic carboxylic acids is 1. The molecule has 1 aromatic rings. The standard InChI is InChI=1S/C46H69N3O6/c1-29(2)39-34(50)24-46(21-23-49(37(51)28-48(9)10)27-31-12-11-22-47-26-31)20-19-44(7)33(40(39)46)13-14-36-43(6)17-16-35(30(3)32(43)15-18-45(36,44)8)55-38(52)25-42(4,5)41(53)54/h11-12,22,26,29-30,32-33,35-36H,13-21,23-25,27-28H2,1-10H3,(H,53,54)/t30?,32?,33-,35+,36?,43+,44-,45-,46-/m1/s1. The van der Waals surface area contributed by atoms with Gasteiger partial charge in [-0.05, 0) is 149 Å². The van der Waals surface area contributed by atoms with E-state index in [4.69, 9.17) is 4.74 Å². The van der Waals surface area contributed by atoms with Crippen LogP contribution in [-0.4, -0.2) is 76.8 Å². The number of nitrogens with zero attached hydrogens (tertiary/aromatic N) is 3. The first-order chi connectivity index (χ1) is 25.7. The minimum atomic E-state index is -1.15. The molecule has 5 aliphatic rings. The van der Waals surface area contributed by atoms with Crippen molar-refractivity contribution in [1.82, 2.24) is 14.8 Å². The van der Waals surface area contributed by atoms with Crippen LogP contribution in [0, 0.1) is 56.7 Å². The van der Waals surface area contributed by atoms with E-state index in [-0.39, 0.29) is 51.9 Å². The summed E-state index contributed by atoms with van der Waals surface area (Å²) in [6.07, 6.45) is 12.9. The van der Waals surface area contributed by atoms with Gasteiger partial charge in [0.25, 0.3) is 0 Å². The maximum Gasteiger partial charge on any atom is 0.309 e. The van der Waals surface area contributed by atoms with Gasteiger partial charge < -0.3 is 19.6 Å². The Balaban J connectivity index is 1.26. The Bertz CT molecular complexity index is 1690. The number of aromatic nitrogens is 1. The van der Waals surface area contributed by atoms with E-state index < -0.39 is 17.4 Å². The van der Waals surface area contributed by atoms with Gasteiger partial charge in [-0.15, -0.1) is 0 Å². The van der Waals surface area contributed by atoms with Crippen LogP contribution in [0.15, 0.2) is 35.7 Å². The molecule has 9 atom stereocenters. The third kappa shape index (κ3) is 7.22. The molecule has 6 rings (SSSR count). The number of ketones is 1. The predicted octanol–water partition coefficient (Wildman–Crippen LogP) is 8.37. The third-order valence-corrected chi connectivity index (χ3v) is 16.3. The number of allylic oxidation sites excluding steroid dienone is 2. The number of carbonyl (C=O) groups excluding carboxylic acids is 3. The predicted molar refractivity (Wildman–Crippen MR) is 214 cm³/mol. The molecule has 1 heterocycles. The minimum Gasteiger partial charge on any atom is -0.481 e. The van der Waals surface area contributed by atoms with Crippen LogP contribution in [0.1, 0.15) is 132 Å². The van der Waals surface area contributed by atoms with Crippen molar-refractivity contribution in [2.45, 2.75) is 139 Å². The smallest absolute Gasteiger partial charge is 0.309 e. The summed E-state index contributed by atoms with van der Waals surface area (Å²) in [6.45, 7) is 19.0. The van der Waals surface area contributed by atoms with Gasteiger partial charge >= 0.3 is 11.9 Å². The number of esters is 1. The molecule has 1 amide bonds. The number of likely N-dealkylation sites (N-methyl/N-ethyl adjacent to an activating group) is 1. The molecular formula is C46H69N3O6. The molecule has 1 N–H and O–H groups in total. The number of carboxylic acid groups (broad SMARTS) is 1. The molecule has 0 aromatic carbocycles. The number of carboxylic acids is 1. The van der Waals surface area contributed by atoms with Crippen LogP contribution < -0.4 is 0 Å². The lowest BCUT2D eigenvalue weighted by Gasteiger charge is -2.71. The number of amides is 1. The fraction of sp³-hybridized carbons (Fsp3) is 0.761. The molecule has 0 spiro atoms. The second-order valence-electron chi connectivity index (χ2n) is 20.5. The highest BCUT2D eigenvalue weighted by atomic mass is 16.5. The summed E-state index contributed by atoms with van der Waals surface area (Å²) in [5, 5.41) is 9.59. The number of hydrogen-bond donors (Lipinski definition) is 1. The van der Waals surface area contributed by atoms with Gasteiger partial charge in [0.1, 0.15) is 6.10 Å². The van der Waals surface area contributed by atoms with Crippen LogP contribution in [0.5, 0.6) is 0 Å². The lowest BCUT2D eigenvalue weighted by molar-refractivity contribution is -0.216. The maximum atomic E-state index is 14.2. The zero-order valence-electron chi connectivity index (χ0n) is 35.5. The molecule has 55 heavy (non-hydrogen) atoms. The maximum absolute atomic E-state index is 14.2. The van der Waals surface area contributed by atoms with Crippen molar-refractivity contribution < 1.29 is 29.0 Å². The van der Waals surface area contributed by atoms with E-state index in [2.05, 4.69) is 46.5 Å². The van der Waals surface area contributed by atoms with E-state index in [1.165, 1.54) is 5.57 Å². The van der Waals surface area contributed by atoms with Crippen molar-refractivity contribution >= 4 is 23.6 Å². The van der Waals surface area contributed by atoms with Gasteiger partial charge in [0.15, 0.2) is 5.78 Å². The topological polar surface area (TPSA) is 117 Å². The van der Waals surface area contributed by atoms with E-state index in [1.807, 2.05) is 42.2 Å². The number of hydrogen-bond acceptors (Lipinski definition) is 7. The summed E-state index contributed by atoms with van der Waals surface area (Å²) >= 11 is 0. The number of rotatable bonds is 12. The van der Waals surface area contributed by atoms with E-state index >= 15 is 0 Å². The van der Waals surface area contributed by atoms with Gasteiger partial charge in [-0.2, -0.15) is 0 Å². The van der Waals surface area contributed by atoms with Gasteiger partial charge in [0.2, 0.25) is 5.91 Å². The van der Waals surface area contributed by atoms with Gasteiger partial charge in [-0.25, -0.2) is 0 Å². The normalized spacial score (nSPS) is 35.9. The molecule has 0 radical (unpaired) electrons. The second-order valence-corrected chi connectivity index (χ2v) is 20.5. The number of ether oxygens (including phenoxy) is 1. The van der Waals surface area contributed by atoms with Crippen LogP contribution in [-0.2, 0) is 30.5 Å². The minimum absolute atomic E-state index is 0.0403.